The van der Waals surface area contributed by atoms with Crippen molar-refractivity contribution in [2.45, 2.75) is 20.4 Å². The molecule has 0 atom stereocenters. The van der Waals surface area contributed by atoms with Crippen LogP contribution in [0.5, 0.6) is 0 Å². The minimum atomic E-state index is 0.560. The standard InChI is InChI=1S/C21H18N6/c1-13-9-14(2)26-20(18(13)11-22)17-10-19(27-21-16(17)6-8-24-21)25-12-15-5-3-4-7-23-15/h3-10H,12H2,1-2H3,(H2,24,25,27). The number of fused-ring (bicyclic) bond motifs is 1. The van der Waals surface area contributed by atoms with Gasteiger partial charge < -0.3 is 10.3 Å². The second kappa shape index (κ2) is 6.89. The SMILES string of the molecule is Cc1cc(C)c(C#N)c(-c2cc(NCc3ccccn3)nc3[nH]ccc23)n1. The van der Waals surface area contributed by atoms with E-state index in [1.165, 1.54) is 0 Å². The van der Waals surface area contributed by atoms with Crippen molar-refractivity contribution in [1.82, 2.24) is 19.9 Å². The monoisotopic (exact) mass is 354 g/mol. The van der Waals surface area contributed by atoms with Crippen LogP contribution in [-0.2, 0) is 6.54 Å². The van der Waals surface area contributed by atoms with E-state index in [0.717, 1.165) is 33.5 Å². The Balaban J connectivity index is 1.82. The van der Waals surface area contributed by atoms with Gasteiger partial charge in [0.15, 0.2) is 0 Å². The van der Waals surface area contributed by atoms with Crippen LogP contribution in [0.4, 0.5) is 5.82 Å². The van der Waals surface area contributed by atoms with E-state index in [2.05, 4.69) is 31.3 Å². The van der Waals surface area contributed by atoms with Crippen molar-refractivity contribution in [2.24, 2.45) is 0 Å². The first-order valence-corrected chi connectivity index (χ1v) is 8.66. The average Bonchev–Trinajstić information content (AvgIpc) is 3.14. The number of aryl methyl sites for hydroxylation is 2. The Bertz CT molecular complexity index is 1150. The van der Waals surface area contributed by atoms with Gasteiger partial charge in [0.25, 0.3) is 0 Å². The van der Waals surface area contributed by atoms with E-state index >= 15 is 0 Å². The number of nitriles is 1. The summed E-state index contributed by atoms with van der Waals surface area (Å²) in [5.41, 5.74) is 5.63. The second-order valence-electron chi connectivity index (χ2n) is 6.39. The Morgan fingerprint density at radius 1 is 1.15 bits per heavy atom. The van der Waals surface area contributed by atoms with Crippen molar-refractivity contribution in [3.8, 4) is 17.3 Å². The third-order valence-corrected chi connectivity index (χ3v) is 4.42. The molecule has 0 amide bonds. The lowest BCUT2D eigenvalue weighted by Crippen LogP contribution is -2.04. The molecule has 0 saturated carbocycles. The molecule has 27 heavy (non-hydrogen) atoms. The van der Waals surface area contributed by atoms with E-state index in [9.17, 15) is 5.26 Å². The topological polar surface area (TPSA) is 90.3 Å². The molecule has 0 radical (unpaired) electrons. The number of hydrogen-bond acceptors (Lipinski definition) is 5. The Kier molecular flexibility index (Phi) is 4.27. The van der Waals surface area contributed by atoms with E-state index in [1.54, 1.807) is 6.20 Å². The predicted octanol–water partition coefficient (Wildman–Crippen LogP) is 4.12. The van der Waals surface area contributed by atoms with Crippen molar-refractivity contribution in [3.63, 3.8) is 0 Å². The molecule has 0 aliphatic carbocycles. The van der Waals surface area contributed by atoms with Gasteiger partial charge in [0.1, 0.15) is 17.5 Å². The van der Waals surface area contributed by atoms with Crippen molar-refractivity contribution in [2.75, 3.05) is 5.32 Å². The molecule has 0 saturated heterocycles. The summed E-state index contributed by atoms with van der Waals surface area (Å²) < 4.78 is 0. The van der Waals surface area contributed by atoms with Gasteiger partial charge in [-0.2, -0.15) is 5.26 Å². The van der Waals surface area contributed by atoms with Crippen molar-refractivity contribution >= 4 is 16.9 Å². The van der Waals surface area contributed by atoms with Gasteiger partial charge in [-0.3, -0.25) is 9.97 Å². The molecule has 6 nitrogen and oxygen atoms in total. The molecular formula is C21H18N6. The fourth-order valence-corrected chi connectivity index (χ4v) is 3.18. The molecule has 0 unspecified atom stereocenters. The number of nitrogens with zero attached hydrogens (tertiary/aromatic N) is 4. The number of pyridine rings is 3. The first kappa shape index (κ1) is 16.7. The molecule has 0 aliphatic heterocycles. The maximum Gasteiger partial charge on any atom is 0.140 e. The highest BCUT2D eigenvalue weighted by Crippen LogP contribution is 2.32. The van der Waals surface area contributed by atoms with Gasteiger partial charge in [-0.1, -0.05) is 6.07 Å². The fraction of sp³-hybridized carbons (Fsp3) is 0.143. The summed E-state index contributed by atoms with van der Waals surface area (Å²) in [7, 11) is 0. The molecule has 4 aromatic heterocycles. The smallest absolute Gasteiger partial charge is 0.140 e. The Morgan fingerprint density at radius 3 is 2.81 bits per heavy atom. The number of hydrogen-bond donors (Lipinski definition) is 2. The van der Waals surface area contributed by atoms with Crippen molar-refractivity contribution in [3.05, 3.63) is 71.3 Å². The third-order valence-electron chi connectivity index (χ3n) is 4.42. The van der Waals surface area contributed by atoms with Crippen molar-refractivity contribution in [1.29, 1.82) is 5.26 Å². The summed E-state index contributed by atoms with van der Waals surface area (Å²) in [6.45, 7) is 4.44. The maximum atomic E-state index is 9.66. The highest BCUT2D eigenvalue weighted by molar-refractivity contribution is 5.95. The number of aromatic amines is 1. The largest absolute Gasteiger partial charge is 0.364 e. The van der Waals surface area contributed by atoms with Gasteiger partial charge >= 0.3 is 0 Å². The number of nitrogens with one attached hydrogen (secondary N) is 2. The maximum absolute atomic E-state index is 9.66. The second-order valence-corrected chi connectivity index (χ2v) is 6.39. The summed E-state index contributed by atoms with van der Waals surface area (Å²) >= 11 is 0. The molecular weight excluding hydrogens is 336 g/mol. The number of rotatable bonds is 4. The first-order chi connectivity index (χ1) is 13.2. The molecule has 0 aromatic carbocycles. The third kappa shape index (κ3) is 3.23. The lowest BCUT2D eigenvalue weighted by Gasteiger charge is -2.12. The first-order valence-electron chi connectivity index (χ1n) is 8.66. The average molecular weight is 354 g/mol. The molecule has 0 bridgehead atoms. The van der Waals surface area contributed by atoms with Gasteiger partial charge in [-0.05, 0) is 49.7 Å². The Hall–Kier alpha value is -3.72. The van der Waals surface area contributed by atoms with Gasteiger partial charge in [0.05, 0.1) is 23.5 Å². The van der Waals surface area contributed by atoms with Crippen LogP contribution < -0.4 is 5.32 Å². The van der Waals surface area contributed by atoms with Crippen LogP contribution in [0.25, 0.3) is 22.3 Å². The minimum absolute atomic E-state index is 0.560. The van der Waals surface area contributed by atoms with Crippen LogP contribution in [0, 0.1) is 25.2 Å². The van der Waals surface area contributed by atoms with Crippen LogP contribution in [0.3, 0.4) is 0 Å². The molecule has 4 aromatic rings. The van der Waals surface area contributed by atoms with Crippen LogP contribution in [0.1, 0.15) is 22.5 Å². The van der Waals surface area contributed by atoms with E-state index < -0.39 is 0 Å². The van der Waals surface area contributed by atoms with Gasteiger partial charge in [0, 0.05) is 29.0 Å². The number of aromatic nitrogens is 4. The van der Waals surface area contributed by atoms with Gasteiger partial charge in [-0.15, -0.1) is 0 Å². The normalized spacial score (nSPS) is 10.7. The van der Waals surface area contributed by atoms with Crippen LogP contribution in [-0.4, -0.2) is 19.9 Å². The van der Waals surface area contributed by atoms with E-state index in [4.69, 9.17) is 0 Å². The Morgan fingerprint density at radius 2 is 2.04 bits per heavy atom. The molecule has 0 fully saturated rings. The molecule has 132 valence electrons. The highest BCUT2D eigenvalue weighted by Gasteiger charge is 2.16. The summed E-state index contributed by atoms with van der Waals surface area (Å²) in [6.07, 6.45) is 3.61. The summed E-state index contributed by atoms with van der Waals surface area (Å²) in [5.74, 6) is 0.704. The number of anilines is 1. The van der Waals surface area contributed by atoms with E-state index in [1.807, 2.05) is 56.4 Å². The summed E-state index contributed by atoms with van der Waals surface area (Å²) in [6, 6.07) is 13.9. The quantitative estimate of drug-likeness (QED) is 0.575. The van der Waals surface area contributed by atoms with Crippen molar-refractivity contribution < 1.29 is 0 Å². The van der Waals surface area contributed by atoms with E-state index in [-0.39, 0.29) is 0 Å². The highest BCUT2D eigenvalue weighted by atomic mass is 15.0. The fourth-order valence-electron chi connectivity index (χ4n) is 3.18. The van der Waals surface area contributed by atoms with Gasteiger partial charge in [-0.25, -0.2) is 4.98 Å². The van der Waals surface area contributed by atoms with E-state index in [0.29, 0.717) is 23.6 Å². The number of H-pyrrole nitrogens is 1. The van der Waals surface area contributed by atoms with Gasteiger partial charge in [0.2, 0.25) is 0 Å². The lowest BCUT2D eigenvalue weighted by molar-refractivity contribution is 1.03. The zero-order valence-electron chi connectivity index (χ0n) is 15.1. The van der Waals surface area contributed by atoms with Crippen LogP contribution >= 0.6 is 0 Å². The molecule has 6 heteroatoms. The zero-order chi connectivity index (χ0) is 18.8. The van der Waals surface area contributed by atoms with Crippen LogP contribution in [0.15, 0.2) is 48.8 Å². The molecule has 2 N–H and O–H groups in total. The summed E-state index contributed by atoms with van der Waals surface area (Å²) in [4.78, 5) is 16.8. The molecule has 0 spiro atoms. The molecule has 4 heterocycles. The lowest BCUT2D eigenvalue weighted by atomic mass is 10.00. The molecule has 4 rings (SSSR count). The van der Waals surface area contributed by atoms with Crippen LogP contribution in [0.2, 0.25) is 0 Å². The Labute approximate surface area is 156 Å². The zero-order valence-corrected chi connectivity index (χ0v) is 15.1. The molecule has 0 aliphatic rings. The minimum Gasteiger partial charge on any atom is -0.364 e. The predicted molar refractivity (Wildman–Crippen MR) is 105 cm³/mol. The summed E-state index contributed by atoms with van der Waals surface area (Å²) in [5, 5.41) is 13.9.